The molecule has 23 heavy (non-hydrogen) atoms. The van der Waals surface area contributed by atoms with Gasteiger partial charge < -0.3 is 4.57 Å². The van der Waals surface area contributed by atoms with Crippen LogP contribution in [0.2, 0.25) is 10.0 Å². The number of benzene rings is 1. The number of hydrogen-bond acceptors (Lipinski definition) is 5. The van der Waals surface area contributed by atoms with Gasteiger partial charge in [-0.2, -0.15) is 10.4 Å². The second-order valence-electron chi connectivity index (χ2n) is 5.24. The zero-order valence-electron chi connectivity index (χ0n) is 12.3. The van der Waals surface area contributed by atoms with Crippen LogP contribution in [0.25, 0.3) is 0 Å². The number of anilines is 1. The smallest absolute Gasteiger partial charge is 0.205 e. The maximum absolute atomic E-state index is 9.40. The largest absolute Gasteiger partial charge is 0.309 e. The highest BCUT2D eigenvalue weighted by molar-refractivity contribution is 6.35. The van der Waals surface area contributed by atoms with Crippen LogP contribution in [0.3, 0.4) is 0 Å². The van der Waals surface area contributed by atoms with Crippen molar-refractivity contribution in [1.82, 2.24) is 14.8 Å². The van der Waals surface area contributed by atoms with E-state index >= 15 is 0 Å². The Morgan fingerprint density at radius 3 is 2.70 bits per heavy atom. The Morgan fingerprint density at radius 2 is 1.96 bits per heavy atom. The second kappa shape index (κ2) is 6.99. The summed E-state index contributed by atoms with van der Waals surface area (Å²) in [4.78, 5) is 0. The maximum Gasteiger partial charge on any atom is 0.205 e. The lowest BCUT2D eigenvalue weighted by atomic mass is 10.2. The Kier molecular flexibility index (Phi) is 4.79. The maximum atomic E-state index is 9.40. The van der Waals surface area contributed by atoms with E-state index < -0.39 is 0 Å². The summed E-state index contributed by atoms with van der Waals surface area (Å²) in [6, 6.07) is 7.05. The lowest BCUT2D eigenvalue weighted by Crippen LogP contribution is -2.12. The van der Waals surface area contributed by atoms with Crippen LogP contribution in [0.4, 0.5) is 5.69 Å². The Labute approximate surface area is 143 Å². The van der Waals surface area contributed by atoms with Crippen LogP contribution in [-0.2, 0) is 13.0 Å². The van der Waals surface area contributed by atoms with Crippen LogP contribution in [-0.4, -0.2) is 20.5 Å². The lowest BCUT2D eigenvalue weighted by Gasteiger charge is -2.06. The van der Waals surface area contributed by atoms with E-state index in [9.17, 15) is 5.26 Å². The molecular formula is C15H14Cl2N6. The number of nitrogens with zero attached hydrogens (tertiary/aromatic N) is 5. The minimum Gasteiger partial charge on any atom is -0.309 e. The molecule has 2 aromatic rings. The van der Waals surface area contributed by atoms with E-state index in [1.807, 2.05) is 4.57 Å². The first-order chi connectivity index (χ1) is 11.2. The van der Waals surface area contributed by atoms with Gasteiger partial charge in [-0.05, 0) is 31.0 Å². The second-order valence-corrected chi connectivity index (χ2v) is 6.12. The molecule has 3 rings (SSSR count). The fourth-order valence-corrected chi connectivity index (χ4v) is 3.05. The highest BCUT2D eigenvalue weighted by Crippen LogP contribution is 2.22. The molecular weight excluding hydrogens is 335 g/mol. The molecule has 1 aliphatic heterocycles. The van der Waals surface area contributed by atoms with Crippen molar-refractivity contribution in [2.75, 3.05) is 5.43 Å². The topological polar surface area (TPSA) is 78.9 Å². The van der Waals surface area contributed by atoms with Crippen molar-refractivity contribution in [3.05, 3.63) is 39.9 Å². The molecule has 1 aliphatic rings. The Morgan fingerprint density at radius 1 is 1.17 bits per heavy atom. The first-order valence-corrected chi connectivity index (χ1v) is 8.05. The van der Waals surface area contributed by atoms with Gasteiger partial charge in [-0.3, -0.25) is 5.43 Å². The predicted octanol–water partition coefficient (Wildman–Crippen LogP) is 3.65. The van der Waals surface area contributed by atoms with Gasteiger partial charge in [-0.15, -0.1) is 10.2 Å². The standard InChI is InChI=1S/C15H14Cl2N6/c16-10-6-11(17)8-12(7-10)19-20-13(9-18)15-22-21-14-4-2-1-3-5-23(14)15/h6-8,19H,1-5H2. The van der Waals surface area contributed by atoms with Crippen LogP contribution in [0, 0.1) is 11.3 Å². The van der Waals surface area contributed by atoms with Gasteiger partial charge in [0.2, 0.25) is 5.71 Å². The number of aromatic nitrogens is 3. The summed E-state index contributed by atoms with van der Waals surface area (Å²) < 4.78 is 1.97. The first-order valence-electron chi connectivity index (χ1n) is 7.30. The van der Waals surface area contributed by atoms with Crippen LogP contribution >= 0.6 is 23.2 Å². The molecule has 0 saturated heterocycles. The van der Waals surface area contributed by atoms with Gasteiger partial charge in [0.25, 0.3) is 0 Å². The highest BCUT2D eigenvalue weighted by atomic mass is 35.5. The zero-order valence-corrected chi connectivity index (χ0v) is 13.8. The van der Waals surface area contributed by atoms with E-state index in [1.165, 1.54) is 0 Å². The molecule has 0 bridgehead atoms. The fourth-order valence-electron chi connectivity index (χ4n) is 2.52. The van der Waals surface area contributed by atoms with E-state index in [-0.39, 0.29) is 5.71 Å². The van der Waals surface area contributed by atoms with Crippen LogP contribution in [0.1, 0.15) is 30.9 Å². The molecule has 8 heteroatoms. The van der Waals surface area contributed by atoms with E-state index in [1.54, 1.807) is 18.2 Å². The highest BCUT2D eigenvalue weighted by Gasteiger charge is 2.18. The number of rotatable bonds is 3. The molecule has 0 aliphatic carbocycles. The van der Waals surface area contributed by atoms with Gasteiger partial charge in [-0.25, -0.2) is 0 Å². The first kappa shape index (κ1) is 15.8. The summed E-state index contributed by atoms with van der Waals surface area (Å²) in [7, 11) is 0. The third-order valence-electron chi connectivity index (χ3n) is 3.59. The van der Waals surface area contributed by atoms with Crippen molar-refractivity contribution in [3.63, 3.8) is 0 Å². The molecule has 0 radical (unpaired) electrons. The van der Waals surface area contributed by atoms with Crippen molar-refractivity contribution >= 4 is 34.6 Å². The van der Waals surface area contributed by atoms with Crippen LogP contribution < -0.4 is 5.43 Å². The number of fused-ring (bicyclic) bond motifs is 1. The van der Waals surface area contributed by atoms with Gasteiger partial charge in [0.05, 0.1) is 5.69 Å². The summed E-state index contributed by atoms with van der Waals surface area (Å²) in [5.74, 6) is 1.40. The van der Waals surface area contributed by atoms with E-state index in [2.05, 4.69) is 26.8 Å². The molecule has 1 N–H and O–H groups in total. The summed E-state index contributed by atoms with van der Waals surface area (Å²) in [6.07, 6.45) is 4.18. The van der Waals surface area contributed by atoms with Crippen molar-refractivity contribution in [2.45, 2.75) is 32.2 Å². The average molecular weight is 349 g/mol. The summed E-state index contributed by atoms with van der Waals surface area (Å²) in [5, 5.41) is 22.8. The quantitative estimate of drug-likeness (QED) is 0.678. The van der Waals surface area contributed by atoms with Gasteiger partial charge >= 0.3 is 0 Å². The van der Waals surface area contributed by atoms with Gasteiger partial charge in [0.1, 0.15) is 11.9 Å². The minimum atomic E-state index is 0.182. The number of halogens is 2. The van der Waals surface area contributed by atoms with Gasteiger partial charge in [-0.1, -0.05) is 29.6 Å². The lowest BCUT2D eigenvalue weighted by molar-refractivity contribution is 0.628. The molecule has 1 aromatic carbocycles. The Bertz CT molecular complexity index is 770. The van der Waals surface area contributed by atoms with Crippen LogP contribution in [0.5, 0.6) is 0 Å². The van der Waals surface area contributed by atoms with E-state index in [4.69, 9.17) is 23.2 Å². The number of nitrogens with one attached hydrogen (secondary N) is 1. The molecule has 0 atom stereocenters. The monoisotopic (exact) mass is 348 g/mol. The minimum absolute atomic E-state index is 0.182. The molecule has 0 saturated carbocycles. The van der Waals surface area contributed by atoms with Crippen molar-refractivity contribution < 1.29 is 0 Å². The molecule has 0 fully saturated rings. The van der Waals surface area contributed by atoms with E-state index in [0.717, 1.165) is 38.1 Å². The number of hydrazone groups is 1. The van der Waals surface area contributed by atoms with Gasteiger partial charge in [0, 0.05) is 23.0 Å². The molecule has 118 valence electrons. The molecule has 0 spiro atoms. The van der Waals surface area contributed by atoms with Crippen molar-refractivity contribution in [3.8, 4) is 6.07 Å². The SMILES string of the molecule is N#CC(=NNc1cc(Cl)cc(Cl)c1)c1nnc2n1CCCCC2. The molecule has 6 nitrogen and oxygen atoms in total. The van der Waals surface area contributed by atoms with Crippen molar-refractivity contribution in [2.24, 2.45) is 5.10 Å². The molecule has 2 heterocycles. The number of aryl methyl sites for hydroxylation is 1. The summed E-state index contributed by atoms with van der Waals surface area (Å²) in [5.41, 5.74) is 3.59. The summed E-state index contributed by atoms with van der Waals surface area (Å²) in [6.45, 7) is 0.807. The number of nitriles is 1. The molecule has 0 unspecified atom stereocenters. The molecule has 0 amide bonds. The fraction of sp³-hybridized carbons (Fsp3) is 0.333. The number of hydrogen-bond donors (Lipinski definition) is 1. The normalized spacial score (nSPS) is 14.7. The Balaban J connectivity index is 1.88. The predicted molar refractivity (Wildman–Crippen MR) is 89.8 cm³/mol. The van der Waals surface area contributed by atoms with E-state index in [0.29, 0.717) is 21.6 Å². The summed E-state index contributed by atoms with van der Waals surface area (Å²) >= 11 is 11.9. The molecule has 1 aromatic heterocycles. The third kappa shape index (κ3) is 3.63. The Hall–Kier alpha value is -2.10. The van der Waals surface area contributed by atoms with Gasteiger partial charge in [0.15, 0.2) is 5.82 Å². The zero-order chi connectivity index (χ0) is 16.2. The van der Waals surface area contributed by atoms with Crippen molar-refractivity contribution in [1.29, 1.82) is 5.26 Å². The van der Waals surface area contributed by atoms with Crippen LogP contribution in [0.15, 0.2) is 23.3 Å². The average Bonchev–Trinajstić information content (AvgIpc) is 2.76. The third-order valence-corrected chi connectivity index (χ3v) is 4.02.